The van der Waals surface area contributed by atoms with Gasteiger partial charge >= 0.3 is 6.09 Å². The number of hydrogen-bond acceptors (Lipinski definition) is 4. The van der Waals surface area contributed by atoms with Crippen molar-refractivity contribution in [2.75, 3.05) is 0 Å². The SMILES string of the molecule is CC(C)(C)OC(=O)N[C@H]1CCC[C@H](NC(=O)Cc2ccsc2)C1. The molecule has 0 saturated heterocycles. The fourth-order valence-electron chi connectivity index (χ4n) is 2.78. The Bertz CT molecular complexity index is 522. The lowest BCUT2D eigenvalue weighted by molar-refractivity contribution is -0.121. The topological polar surface area (TPSA) is 67.4 Å². The summed E-state index contributed by atoms with van der Waals surface area (Å²) in [7, 11) is 0. The lowest BCUT2D eigenvalue weighted by Gasteiger charge is -2.31. The Balaban J connectivity index is 1.76. The number of nitrogens with one attached hydrogen (secondary N) is 2. The van der Waals surface area contributed by atoms with Gasteiger partial charge < -0.3 is 15.4 Å². The van der Waals surface area contributed by atoms with Crippen LogP contribution in [0.25, 0.3) is 0 Å². The molecule has 0 radical (unpaired) electrons. The summed E-state index contributed by atoms with van der Waals surface area (Å²) >= 11 is 1.60. The molecule has 1 aliphatic rings. The van der Waals surface area contributed by atoms with Crippen LogP contribution in [-0.2, 0) is 16.0 Å². The van der Waals surface area contributed by atoms with Gasteiger partial charge in [-0.3, -0.25) is 4.79 Å². The maximum atomic E-state index is 12.1. The maximum Gasteiger partial charge on any atom is 0.407 e. The van der Waals surface area contributed by atoms with Crippen molar-refractivity contribution in [3.05, 3.63) is 22.4 Å². The van der Waals surface area contributed by atoms with Crippen molar-refractivity contribution >= 4 is 23.3 Å². The van der Waals surface area contributed by atoms with Crippen LogP contribution in [0.2, 0.25) is 0 Å². The molecule has 0 bridgehead atoms. The highest BCUT2D eigenvalue weighted by molar-refractivity contribution is 7.07. The minimum absolute atomic E-state index is 0.0475. The standard InChI is InChI=1S/C17H26N2O3S/c1-17(2,3)22-16(21)19-14-6-4-5-13(10-14)18-15(20)9-12-7-8-23-11-12/h7-8,11,13-14H,4-6,9-10H2,1-3H3,(H,18,20)(H,19,21)/t13-,14-/m0/s1. The van der Waals surface area contributed by atoms with Gasteiger partial charge in [0.15, 0.2) is 0 Å². The van der Waals surface area contributed by atoms with E-state index < -0.39 is 5.60 Å². The van der Waals surface area contributed by atoms with Crippen LogP contribution in [0.4, 0.5) is 4.79 Å². The molecule has 1 aliphatic carbocycles. The highest BCUT2D eigenvalue weighted by Crippen LogP contribution is 2.19. The van der Waals surface area contributed by atoms with Gasteiger partial charge in [0.25, 0.3) is 0 Å². The molecule has 128 valence electrons. The Morgan fingerprint density at radius 3 is 2.57 bits per heavy atom. The molecule has 23 heavy (non-hydrogen) atoms. The molecule has 0 unspecified atom stereocenters. The number of hydrogen-bond donors (Lipinski definition) is 2. The lowest BCUT2D eigenvalue weighted by atomic mass is 9.91. The van der Waals surface area contributed by atoms with Crippen LogP contribution in [0.15, 0.2) is 16.8 Å². The molecule has 6 heteroatoms. The number of thiophene rings is 1. The van der Waals surface area contributed by atoms with Gasteiger partial charge in [-0.15, -0.1) is 0 Å². The van der Waals surface area contributed by atoms with E-state index in [9.17, 15) is 9.59 Å². The van der Waals surface area contributed by atoms with E-state index in [2.05, 4.69) is 10.6 Å². The molecule has 2 rings (SSSR count). The Morgan fingerprint density at radius 1 is 1.26 bits per heavy atom. The Kier molecular flexibility index (Phi) is 6.04. The smallest absolute Gasteiger partial charge is 0.407 e. The van der Waals surface area contributed by atoms with Crippen LogP contribution < -0.4 is 10.6 Å². The van der Waals surface area contributed by atoms with Gasteiger partial charge in [0.05, 0.1) is 6.42 Å². The second kappa shape index (κ2) is 7.81. The fraction of sp³-hybridized carbons (Fsp3) is 0.647. The van der Waals surface area contributed by atoms with Crippen molar-refractivity contribution < 1.29 is 14.3 Å². The normalized spacial score (nSPS) is 21.5. The molecule has 2 atom stereocenters. The zero-order valence-corrected chi connectivity index (χ0v) is 14.9. The van der Waals surface area contributed by atoms with Gasteiger partial charge in [-0.25, -0.2) is 4.79 Å². The third-order valence-electron chi connectivity index (χ3n) is 3.70. The largest absolute Gasteiger partial charge is 0.444 e. The summed E-state index contributed by atoms with van der Waals surface area (Å²) < 4.78 is 5.29. The number of carbonyl (C=O) groups excluding carboxylic acids is 2. The Labute approximate surface area is 141 Å². The first-order valence-corrected chi connectivity index (χ1v) is 9.06. The van der Waals surface area contributed by atoms with Gasteiger partial charge in [-0.1, -0.05) is 0 Å². The van der Waals surface area contributed by atoms with Gasteiger partial charge in [0.2, 0.25) is 5.91 Å². The Morgan fingerprint density at radius 2 is 1.96 bits per heavy atom. The quantitative estimate of drug-likeness (QED) is 0.885. The van der Waals surface area contributed by atoms with E-state index >= 15 is 0 Å². The Hall–Kier alpha value is -1.56. The van der Waals surface area contributed by atoms with E-state index in [0.29, 0.717) is 6.42 Å². The third-order valence-corrected chi connectivity index (χ3v) is 4.44. The van der Waals surface area contributed by atoms with E-state index in [0.717, 1.165) is 31.2 Å². The average molecular weight is 338 g/mol. The molecule has 0 aromatic carbocycles. The van der Waals surface area contributed by atoms with Gasteiger partial charge in [-0.05, 0) is 68.8 Å². The van der Waals surface area contributed by atoms with Crippen LogP contribution in [0, 0.1) is 0 Å². The summed E-state index contributed by atoms with van der Waals surface area (Å²) in [6.07, 6.45) is 3.67. The second-order valence-corrected chi connectivity index (χ2v) is 7.86. The van der Waals surface area contributed by atoms with Crippen molar-refractivity contribution in [2.24, 2.45) is 0 Å². The molecule has 0 spiro atoms. The lowest BCUT2D eigenvalue weighted by Crippen LogP contribution is -2.47. The van der Waals surface area contributed by atoms with E-state index in [-0.39, 0.29) is 24.1 Å². The molecule has 2 amide bonds. The number of ether oxygens (including phenoxy) is 1. The highest BCUT2D eigenvalue weighted by Gasteiger charge is 2.26. The zero-order valence-electron chi connectivity index (χ0n) is 14.1. The fourth-order valence-corrected chi connectivity index (χ4v) is 3.45. The van der Waals surface area contributed by atoms with Crippen molar-refractivity contribution in [2.45, 2.75) is 70.6 Å². The molecule has 2 N–H and O–H groups in total. The molecule has 1 aromatic rings. The highest BCUT2D eigenvalue weighted by atomic mass is 32.1. The van der Waals surface area contributed by atoms with E-state index in [4.69, 9.17) is 4.74 Å². The number of rotatable bonds is 4. The monoisotopic (exact) mass is 338 g/mol. The predicted octanol–water partition coefficient (Wildman–Crippen LogP) is 3.24. The molecule has 5 nitrogen and oxygen atoms in total. The number of amides is 2. The van der Waals surface area contributed by atoms with Crippen molar-refractivity contribution in [3.63, 3.8) is 0 Å². The summed E-state index contributed by atoms with van der Waals surface area (Å²) in [6.45, 7) is 5.54. The van der Waals surface area contributed by atoms with Crippen LogP contribution in [-0.4, -0.2) is 29.7 Å². The number of carbonyl (C=O) groups is 2. The first-order valence-electron chi connectivity index (χ1n) is 8.12. The van der Waals surface area contributed by atoms with Crippen LogP contribution in [0.5, 0.6) is 0 Å². The molecule has 1 fully saturated rings. The summed E-state index contributed by atoms with van der Waals surface area (Å²) in [4.78, 5) is 23.9. The van der Waals surface area contributed by atoms with Crippen LogP contribution in [0.1, 0.15) is 52.0 Å². The molecule has 1 aromatic heterocycles. The van der Waals surface area contributed by atoms with E-state index in [1.165, 1.54) is 0 Å². The van der Waals surface area contributed by atoms with Crippen molar-refractivity contribution in [1.82, 2.24) is 10.6 Å². The summed E-state index contributed by atoms with van der Waals surface area (Å²) in [6, 6.07) is 2.15. The predicted molar refractivity (Wildman–Crippen MR) is 91.6 cm³/mol. The molecular formula is C17H26N2O3S. The van der Waals surface area contributed by atoms with Crippen molar-refractivity contribution in [1.29, 1.82) is 0 Å². The summed E-state index contributed by atoms with van der Waals surface area (Å²) in [5.41, 5.74) is 0.555. The van der Waals surface area contributed by atoms with E-state index in [1.54, 1.807) is 11.3 Å². The van der Waals surface area contributed by atoms with Gasteiger partial charge in [0, 0.05) is 12.1 Å². The second-order valence-electron chi connectivity index (χ2n) is 7.08. The molecule has 1 heterocycles. The first kappa shape index (κ1) is 17.8. The summed E-state index contributed by atoms with van der Waals surface area (Å²) in [5.74, 6) is 0.0475. The number of alkyl carbamates (subject to hydrolysis) is 1. The maximum absolute atomic E-state index is 12.1. The minimum Gasteiger partial charge on any atom is -0.444 e. The van der Waals surface area contributed by atoms with Crippen LogP contribution in [0.3, 0.4) is 0 Å². The first-order chi connectivity index (χ1) is 10.8. The minimum atomic E-state index is -0.493. The van der Waals surface area contributed by atoms with Gasteiger partial charge in [0.1, 0.15) is 5.60 Å². The molecular weight excluding hydrogens is 312 g/mol. The van der Waals surface area contributed by atoms with Crippen LogP contribution >= 0.6 is 11.3 Å². The summed E-state index contributed by atoms with van der Waals surface area (Å²) in [5, 5.41) is 9.97. The van der Waals surface area contributed by atoms with Gasteiger partial charge in [-0.2, -0.15) is 11.3 Å². The molecule has 0 aliphatic heterocycles. The third kappa shape index (κ3) is 6.60. The van der Waals surface area contributed by atoms with Crippen molar-refractivity contribution in [3.8, 4) is 0 Å². The average Bonchev–Trinajstić information content (AvgIpc) is 2.89. The van der Waals surface area contributed by atoms with E-state index in [1.807, 2.05) is 37.6 Å². The zero-order chi connectivity index (χ0) is 16.9. The molecule has 1 saturated carbocycles.